The number of carbonyl (C=O) groups is 2. The quantitative estimate of drug-likeness (QED) is 0.701. The van der Waals surface area contributed by atoms with Crippen molar-refractivity contribution in [1.29, 1.82) is 0 Å². The van der Waals surface area contributed by atoms with Crippen LogP contribution >= 0.6 is 11.3 Å². The van der Waals surface area contributed by atoms with Crippen molar-refractivity contribution in [2.24, 2.45) is 0 Å². The van der Waals surface area contributed by atoms with Crippen molar-refractivity contribution >= 4 is 28.3 Å². The predicted octanol–water partition coefficient (Wildman–Crippen LogP) is 3.10. The van der Waals surface area contributed by atoms with Gasteiger partial charge in [0.2, 0.25) is 16.9 Å². The Kier molecular flexibility index (Phi) is 7.53. The molecule has 26 heavy (non-hydrogen) atoms. The first-order valence-electron chi connectivity index (χ1n) is 8.55. The van der Waals surface area contributed by atoms with Crippen molar-refractivity contribution in [1.82, 2.24) is 15.5 Å². The van der Waals surface area contributed by atoms with Gasteiger partial charge in [0, 0.05) is 13.3 Å². The maximum absolute atomic E-state index is 12.4. The van der Waals surface area contributed by atoms with Gasteiger partial charge in [-0.3, -0.25) is 9.59 Å². The molecule has 0 spiro atoms. The van der Waals surface area contributed by atoms with Crippen molar-refractivity contribution in [3.8, 4) is 5.75 Å². The highest BCUT2D eigenvalue weighted by atomic mass is 32.1. The zero-order valence-electron chi connectivity index (χ0n) is 15.2. The lowest BCUT2D eigenvalue weighted by molar-refractivity contribution is -0.120. The van der Waals surface area contributed by atoms with Crippen LogP contribution in [0.2, 0.25) is 0 Å². The molecule has 2 amide bonds. The number of aromatic nitrogens is 2. The van der Waals surface area contributed by atoms with Crippen molar-refractivity contribution < 1.29 is 14.3 Å². The monoisotopic (exact) mass is 376 g/mol. The fraction of sp³-hybridized carbons (Fsp3) is 0.444. The minimum Gasteiger partial charge on any atom is -0.497 e. The van der Waals surface area contributed by atoms with E-state index in [0.29, 0.717) is 10.9 Å². The summed E-state index contributed by atoms with van der Waals surface area (Å²) < 4.78 is 5.14. The Bertz CT molecular complexity index is 730. The van der Waals surface area contributed by atoms with Gasteiger partial charge in [-0.05, 0) is 24.1 Å². The molecule has 0 radical (unpaired) electrons. The van der Waals surface area contributed by atoms with Crippen LogP contribution in [0.5, 0.6) is 5.75 Å². The number of anilines is 1. The summed E-state index contributed by atoms with van der Waals surface area (Å²) in [6.07, 6.45) is 3.10. The van der Waals surface area contributed by atoms with Crippen LogP contribution in [0.3, 0.4) is 0 Å². The minimum atomic E-state index is -0.425. The molecule has 1 aromatic heterocycles. The molecule has 1 unspecified atom stereocenters. The van der Waals surface area contributed by atoms with Crippen LogP contribution in [0, 0.1) is 0 Å². The third-order valence-electron chi connectivity index (χ3n) is 3.74. The molecule has 0 saturated carbocycles. The van der Waals surface area contributed by atoms with Gasteiger partial charge in [-0.15, -0.1) is 10.2 Å². The Morgan fingerprint density at radius 3 is 2.58 bits per heavy atom. The molecule has 1 aromatic carbocycles. The number of aryl methyl sites for hydroxylation is 1. The van der Waals surface area contributed by atoms with Crippen molar-refractivity contribution in [2.45, 2.75) is 45.6 Å². The number of nitrogens with zero attached hydrogens (tertiary/aromatic N) is 2. The van der Waals surface area contributed by atoms with E-state index in [4.69, 9.17) is 4.74 Å². The maximum atomic E-state index is 12.4. The highest BCUT2D eigenvalue weighted by Gasteiger charge is 2.18. The Labute approximate surface area is 157 Å². The summed E-state index contributed by atoms with van der Waals surface area (Å²) in [7, 11) is 1.59. The standard InChI is InChI=1S/C18H24N4O3S/c1-4-5-6-17-21-22-18(26-17)20-16(24)11-15(19-12(2)23)13-7-9-14(25-3)10-8-13/h7-10,15H,4-6,11H2,1-3H3,(H,19,23)(H,20,22,24). The van der Waals surface area contributed by atoms with Crippen molar-refractivity contribution in [3.63, 3.8) is 0 Å². The summed E-state index contributed by atoms with van der Waals surface area (Å²) in [6, 6.07) is 6.84. The minimum absolute atomic E-state index is 0.107. The van der Waals surface area contributed by atoms with Gasteiger partial charge in [0.1, 0.15) is 10.8 Å². The van der Waals surface area contributed by atoms with Gasteiger partial charge in [-0.25, -0.2) is 0 Å². The molecule has 2 N–H and O–H groups in total. The Morgan fingerprint density at radius 2 is 1.96 bits per heavy atom. The molecule has 140 valence electrons. The van der Waals surface area contributed by atoms with Gasteiger partial charge in [-0.1, -0.05) is 36.8 Å². The Hall–Kier alpha value is -2.48. The summed E-state index contributed by atoms with van der Waals surface area (Å²) in [4.78, 5) is 23.9. The van der Waals surface area contributed by atoms with Crippen LogP contribution in [0.15, 0.2) is 24.3 Å². The first-order valence-corrected chi connectivity index (χ1v) is 9.36. The molecule has 8 heteroatoms. The van der Waals surface area contributed by atoms with Gasteiger partial charge in [0.15, 0.2) is 0 Å². The molecule has 7 nitrogen and oxygen atoms in total. The van der Waals surface area contributed by atoms with E-state index in [1.54, 1.807) is 19.2 Å². The van der Waals surface area contributed by atoms with E-state index in [-0.39, 0.29) is 18.2 Å². The number of rotatable bonds is 9. The first kappa shape index (κ1) is 19.8. The third kappa shape index (κ3) is 6.11. The lowest BCUT2D eigenvalue weighted by atomic mass is 10.0. The van der Waals surface area contributed by atoms with E-state index in [1.165, 1.54) is 18.3 Å². The topological polar surface area (TPSA) is 93.2 Å². The number of methoxy groups -OCH3 is 1. The van der Waals surface area contributed by atoms with Crippen LogP contribution in [-0.2, 0) is 16.0 Å². The van der Waals surface area contributed by atoms with Gasteiger partial charge in [0.05, 0.1) is 19.6 Å². The molecular formula is C18H24N4O3S. The number of amides is 2. The number of hydrogen-bond donors (Lipinski definition) is 2. The maximum Gasteiger partial charge on any atom is 0.228 e. The summed E-state index contributed by atoms with van der Waals surface area (Å²) in [5, 5.41) is 15.1. The molecular weight excluding hydrogens is 352 g/mol. The van der Waals surface area contributed by atoms with Gasteiger partial charge < -0.3 is 15.4 Å². The SMILES string of the molecule is CCCCc1nnc(NC(=O)CC(NC(C)=O)c2ccc(OC)cc2)s1. The molecule has 1 atom stereocenters. The molecule has 0 aliphatic heterocycles. The predicted molar refractivity (Wildman–Crippen MR) is 101 cm³/mol. The molecule has 1 heterocycles. The molecule has 2 rings (SSSR count). The fourth-order valence-corrected chi connectivity index (χ4v) is 3.22. The summed E-state index contributed by atoms with van der Waals surface area (Å²) in [6.45, 7) is 3.55. The highest BCUT2D eigenvalue weighted by molar-refractivity contribution is 7.15. The van der Waals surface area contributed by atoms with Crippen LogP contribution in [0.1, 0.15) is 49.7 Å². The average Bonchev–Trinajstić information content (AvgIpc) is 3.06. The van der Waals surface area contributed by atoms with E-state index in [2.05, 4.69) is 27.8 Å². The Balaban J connectivity index is 2.01. The van der Waals surface area contributed by atoms with E-state index in [0.717, 1.165) is 29.8 Å². The van der Waals surface area contributed by atoms with Gasteiger partial charge in [0.25, 0.3) is 0 Å². The van der Waals surface area contributed by atoms with Crippen LogP contribution in [-0.4, -0.2) is 29.1 Å². The normalized spacial score (nSPS) is 11.7. The summed E-state index contributed by atoms with van der Waals surface area (Å²) >= 11 is 1.38. The first-order chi connectivity index (χ1) is 12.5. The summed E-state index contributed by atoms with van der Waals surface area (Å²) in [5.74, 6) is 0.294. The number of benzene rings is 1. The zero-order chi connectivity index (χ0) is 18.9. The van der Waals surface area contributed by atoms with Crippen molar-refractivity contribution in [3.05, 3.63) is 34.8 Å². The highest BCUT2D eigenvalue weighted by Crippen LogP contribution is 2.22. The molecule has 0 aliphatic rings. The van der Waals surface area contributed by atoms with E-state index >= 15 is 0 Å². The molecule has 0 aliphatic carbocycles. The van der Waals surface area contributed by atoms with Crippen LogP contribution in [0.25, 0.3) is 0 Å². The Morgan fingerprint density at radius 1 is 1.23 bits per heavy atom. The molecule has 2 aromatic rings. The molecule has 0 bridgehead atoms. The van der Waals surface area contributed by atoms with E-state index in [1.807, 2.05) is 12.1 Å². The van der Waals surface area contributed by atoms with Crippen LogP contribution < -0.4 is 15.4 Å². The third-order valence-corrected chi connectivity index (χ3v) is 4.64. The largest absolute Gasteiger partial charge is 0.497 e. The molecule has 0 fully saturated rings. The second-order valence-electron chi connectivity index (χ2n) is 5.88. The number of ether oxygens (including phenoxy) is 1. The van der Waals surface area contributed by atoms with E-state index < -0.39 is 6.04 Å². The zero-order valence-corrected chi connectivity index (χ0v) is 16.1. The number of hydrogen-bond acceptors (Lipinski definition) is 6. The van der Waals surface area contributed by atoms with Gasteiger partial charge >= 0.3 is 0 Å². The lowest BCUT2D eigenvalue weighted by Crippen LogP contribution is -2.29. The van der Waals surface area contributed by atoms with E-state index in [9.17, 15) is 9.59 Å². The summed E-state index contributed by atoms with van der Waals surface area (Å²) in [5.41, 5.74) is 0.831. The smallest absolute Gasteiger partial charge is 0.228 e. The average molecular weight is 376 g/mol. The van der Waals surface area contributed by atoms with Crippen molar-refractivity contribution in [2.75, 3.05) is 12.4 Å². The van der Waals surface area contributed by atoms with Gasteiger partial charge in [-0.2, -0.15) is 0 Å². The van der Waals surface area contributed by atoms with Crippen LogP contribution in [0.4, 0.5) is 5.13 Å². The fourth-order valence-electron chi connectivity index (χ4n) is 2.42. The molecule has 0 saturated heterocycles. The number of unbranched alkanes of at least 4 members (excludes halogenated alkanes) is 1. The number of carbonyl (C=O) groups excluding carboxylic acids is 2. The second kappa shape index (κ2) is 9.86. The number of nitrogens with one attached hydrogen (secondary N) is 2. The lowest BCUT2D eigenvalue weighted by Gasteiger charge is -2.18. The second-order valence-corrected chi connectivity index (χ2v) is 6.95.